The molecule has 0 saturated carbocycles. The summed E-state index contributed by atoms with van der Waals surface area (Å²) in [6.45, 7) is 2.03. The van der Waals surface area contributed by atoms with Gasteiger partial charge in [-0.2, -0.15) is 5.26 Å². The highest BCUT2D eigenvalue weighted by Gasteiger charge is 2.22. The van der Waals surface area contributed by atoms with Crippen LogP contribution in [0.2, 0.25) is 0 Å². The molecule has 4 aromatic rings. The number of halogens is 1. The van der Waals surface area contributed by atoms with Gasteiger partial charge in [0.25, 0.3) is 0 Å². The molecule has 1 fully saturated rings. The third-order valence-electron chi connectivity index (χ3n) is 6.54. The maximum atomic E-state index is 13.8. The highest BCUT2D eigenvalue weighted by Crippen LogP contribution is 2.34. The second-order valence-electron chi connectivity index (χ2n) is 8.53. The molecule has 3 heterocycles. The summed E-state index contributed by atoms with van der Waals surface area (Å²) in [6.07, 6.45) is 8.82. The Balaban J connectivity index is 1.39. The molecule has 1 aliphatic carbocycles. The van der Waals surface area contributed by atoms with E-state index in [1.807, 2.05) is 12.4 Å². The zero-order valence-corrected chi connectivity index (χ0v) is 17.9. The minimum Gasteiger partial charge on any atom is -0.326 e. The van der Waals surface area contributed by atoms with E-state index in [1.165, 1.54) is 12.1 Å². The van der Waals surface area contributed by atoms with Gasteiger partial charge in [0.2, 0.25) is 0 Å². The van der Waals surface area contributed by atoms with E-state index < -0.39 is 5.82 Å². The summed E-state index contributed by atoms with van der Waals surface area (Å²) in [6, 6.07) is 13.1. The lowest BCUT2D eigenvalue weighted by Gasteiger charge is -2.24. The van der Waals surface area contributed by atoms with Gasteiger partial charge >= 0.3 is 0 Å². The van der Waals surface area contributed by atoms with E-state index in [0.29, 0.717) is 23.7 Å². The van der Waals surface area contributed by atoms with Gasteiger partial charge in [0.15, 0.2) is 0 Å². The molecule has 0 spiro atoms. The molecule has 33 heavy (non-hydrogen) atoms. The van der Waals surface area contributed by atoms with Gasteiger partial charge in [0.05, 0.1) is 46.2 Å². The van der Waals surface area contributed by atoms with Gasteiger partial charge in [0, 0.05) is 30.1 Å². The van der Waals surface area contributed by atoms with Crippen LogP contribution in [0.15, 0.2) is 55.0 Å². The van der Waals surface area contributed by atoms with Crippen molar-refractivity contribution in [1.82, 2.24) is 24.8 Å². The van der Waals surface area contributed by atoms with Crippen molar-refractivity contribution in [3.05, 3.63) is 83.3 Å². The van der Waals surface area contributed by atoms with E-state index in [2.05, 4.69) is 44.1 Å². The van der Waals surface area contributed by atoms with Crippen LogP contribution in [0.4, 0.5) is 4.39 Å². The molecule has 1 N–H and O–H groups in total. The number of rotatable bonds is 3. The van der Waals surface area contributed by atoms with Gasteiger partial charge in [-0.15, -0.1) is 0 Å². The Morgan fingerprint density at radius 2 is 2.03 bits per heavy atom. The van der Waals surface area contributed by atoms with Crippen LogP contribution in [0.1, 0.15) is 41.4 Å². The van der Waals surface area contributed by atoms with Crippen molar-refractivity contribution in [1.29, 1.82) is 5.26 Å². The lowest BCUT2D eigenvalue weighted by molar-refractivity contribution is 0.378. The van der Waals surface area contributed by atoms with Crippen LogP contribution in [0, 0.1) is 17.1 Å². The molecule has 6 rings (SSSR count). The first-order valence-electron chi connectivity index (χ1n) is 11.2. The molecule has 2 aromatic heterocycles. The molecular formula is C26H21FN6. The number of allylic oxidation sites excluding steroid dienone is 1. The first-order chi connectivity index (χ1) is 16.2. The van der Waals surface area contributed by atoms with Crippen molar-refractivity contribution in [2.45, 2.75) is 25.3 Å². The van der Waals surface area contributed by atoms with E-state index in [1.54, 1.807) is 12.3 Å². The fraction of sp³-hybridized carbons (Fsp3) is 0.231. The number of piperidine rings is 1. The van der Waals surface area contributed by atoms with Gasteiger partial charge in [-0.25, -0.2) is 14.4 Å². The summed E-state index contributed by atoms with van der Waals surface area (Å²) in [5.74, 6) is -0.533. The van der Waals surface area contributed by atoms with Crippen molar-refractivity contribution in [2.24, 2.45) is 0 Å². The number of benzene rings is 2. The molecule has 2 aliphatic rings. The third kappa shape index (κ3) is 3.40. The first kappa shape index (κ1) is 19.8. The minimum absolute atomic E-state index is 0.00137. The summed E-state index contributed by atoms with van der Waals surface area (Å²) >= 11 is 0. The van der Waals surface area contributed by atoms with Gasteiger partial charge in [0.1, 0.15) is 11.9 Å². The monoisotopic (exact) mass is 436 g/mol. The molecule has 162 valence electrons. The molecule has 1 atom stereocenters. The largest absolute Gasteiger partial charge is 0.326 e. The number of nitriles is 1. The van der Waals surface area contributed by atoms with Crippen LogP contribution < -0.4 is 5.32 Å². The molecule has 0 bridgehead atoms. The van der Waals surface area contributed by atoms with Crippen LogP contribution in [0.5, 0.6) is 0 Å². The second kappa shape index (κ2) is 7.91. The van der Waals surface area contributed by atoms with Gasteiger partial charge < -0.3 is 9.88 Å². The van der Waals surface area contributed by atoms with Crippen LogP contribution in [-0.4, -0.2) is 32.6 Å². The summed E-state index contributed by atoms with van der Waals surface area (Å²) in [5, 5.41) is 12.7. The van der Waals surface area contributed by atoms with Crippen molar-refractivity contribution < 1.29 is 4.39 Å². The smallest absolute Gasteiger partial charge is 0.140 e. The average Bonchev–Trinajstić information content (AvgIpc) is 3.48. The number of hydrogen-bond donors (Lipinski definition) is 1. The highest BCUT2D eigenvalue weighted by atomic mass is 19.1. The second-order valence-corrected chi connectivity index (χ2v) is 8.53. The predicted octanol–water partition coefficient (Wildman–Crippen LogP) is 4.42. The van der Waals surface area contributed by atoms with Crippen molar-refractivity contribution in [2.75, 3.05) is 13.1 Å². The van der Waals surface area contributed by atoms with Crippen molar-refractivity contribution >= 4 is 16.6 Å². The number of hydrogen-bond acceptors (Lipinski definition) is 5. The third-order valence-corrected chi connectivity index (χ3v) is 6.54. The fourth-order valence-corrected chi connectivity index (χ4v) is 4.79. The fourth-order valence-electron chi connectivity index (χ4n) is 4.79. The van der Waals surface area contributed by atoms with Crippen LogP contribution in [-0.2, 0) is 6.42 Å². The quantitative estimate of drug-likeness (QED) is 0.514. The SMILES string of the molecule is N#Cc1cc(-c2cnc3c(n2)C(c2ccc4ncn(C5CCCNC5)c4c2)=CC3)ccc1F. The van der Waals surface area contributed by atoms with Crippen LogP contribution in [0.25, 0.3) is 27.9 Å². The Bertz CT molecular complexity index is 1460. The Morgan fingerprint density at radius 3 is 2.88 bits per heavy atom. The molecule has 0 radical (unpaired) electrons. The summed E-state index contributed by atoms with van der Waals surface area (Å²) in [5.41, 5.74) is 7.27. The van der Waals surface area contributed by atoms with Crippen molar-refractivity contribution in [3.63, 3.8) is 0 Å². The van der Waals surface area contributed by atoms with Gasteiger partial charge in [-0.1, -0.05) is 12.1 Å². The first-order valence-corrected chi connectivity index (χ1v) is 11.2. The number of nitrogens with one attached hydrogen (secondary N) is 1. The normalized spacial score (nSPS) is 17.6. The molecule has 1 aliphatic heterocycles. The highest BCUT2D eigenvalue weighted by molar-refractivity contribution is 5.88. The van der Waals surface area contributed by atoms with Gasteiger partial charge in [-0.3, -0.25) is 4.98 Å². The lowest BCUT2D eigenvalue weighted by Crippen LogP contribution is -2.31. The standard InChI is InChI=1S/C26H21FN6/c27-21-6-3-17(10-18(21)12-28)24-14-30-23-8-5-20(26(23)32-24)16-4-7-22-25(11-16)33(15-31-22)19-2-1-9-29-13-19/h3-7,10-11,14-15,19,29H,1-2,8-9,13H2. The Hall–Kier alpha value is -3.89. The zero-order chi connectivity index (χ0) is 22.4. The molecule has 0 amide bonds. The lowest BCUT2D eigenvalue weighted by atomic mass is 10.0. The zero-order valence-electron chi connectivity index (χ0n) is 17.9. The van der Waals surface area contributed by atoms with E-state index in [4.69, 9.17) is 4.98 Å². The molecule has 1 unspecified atom stereocenters. The summed E-state index contributed by atoms with van der Waals surface area (Å²) < 4.78 is 16.1. The van der Waals surface area contributed by atoms with Crippen LogP contribution >= 0.6 is 0 Å². The molecular weight excluding hydrogens is 415 g/mol. The maximum absolute atomic E-state index is 13.8. The van der Waals surface area contributed by atoms with E-state index in [0.717, 1.165) is 59.5 Å². The topological polar surface area (TPSA) is 79.4 Å². The van der Waals surface area contributed by atoms with Gasteiger partial charge in [-0.05, 0) is 55.3 Å². The molecule has 2 aromatic carbocycles. The van der Waals surface area contributed by atoms with E-state index >= 15 is 0 Å². The van der Waals surface area contributed by atoms with E-state index in [-0.39, 0.29) is 5.56 Å². The Kier molecular flexibility index (Phi) is 4.74. The average molecular weight is 436 g/mol. The summed E-state index contributed by atoms with van der Waals surface area (Å²) in [7, 11) is 0. The number of nitrogens with zero attached hydrogens (tertiary/aromatic N) is 5. The Morgan fingerprint density at radius 1 is 1.12 bits per heavy atom. The maximum Gasteiger partial charge on any atom is 0.140 e. The van der Waals surface area contributed by atoms with Crippen LogP contribution in [0.3, 0.4) is 0 Å². The molecule has 6 nitrogen and oxygen atoms in total. The minimum atomic E-state index is -0.533. The number of aromatic nitrogens is 4. The number of fused-ring (bicyclic) bond motifs is 2. The predicted molar refractivity (Wildman–Crippen MR) is 124 cm³/mol. The molecule has 7 heteroatoms. The van der Waals surface area contributed by atoms with Crippen molar-refractivity contribution in [3.8, 4) is 17.3 Å². The number of imidazole rings is 1. The summed E-state index contributed by atoms with van der Waals surface area (Å²) in [4.78, 5) is 14.1. The Labute approximate surface area is 190 Å². The van der Waals surface area contributed by atoms with E-state index in [9.17, 15) is 9.65 Å². The molecule has 1 saturated heterocycles.